The van der Waals surface area contributed by atoms with Crippen molar-refractivity contribution in [2.75, 3.05) is 18.6 Å². The quantitative estimate of drug-likeness (QED) is 0.903. The molecule has 0 saturated carbocycles. The van der Waals surface area contributed by atoms with E-state index in [0.717, 1.165) is 0 Å². The number of benzene rings is 1. The Morgan fingerprint density at radius 1 is 1.53 bits per heavy atom. The molecule has 0 aliphatic rings. The molecule has 0 saturated heterocycles. The monoisotopic (exact) mass is 259 g/mol. The summed E-state index contributed by atoms with van der Waals surface area (Å²) in [5.74, 6) is -0.601. The van der Waals surface area contributed by atoms with Crippen molar-refractivity contribution in [3.8, 4) is 0 Å². The van der Waals surface area contributed by atoms with Crippen molar-refractivity contribution in [1.82, 2.24) is 0 Å². The maximum Gasteiger partial charge on any atom is 0.226 e. The molecule has 1 N–H and O–H groups in total. The first-order valence-electron chi connectivity index (χ1n) is 5.30. The van der Waals surface area contributed by atoms with Crippen molar-refractivity contribution < 1.29 is 14.3 Å². The van der Waals surface area contributed by atoms with Gasteiger partial charge in [-0.25, -0.2) is 4.39 Å². The molecule has 5 heteroatoms. The van der Waals surface area contributed by atoms with E-state index in [2.05, 4.69) is 0 Å². The molecule has 0 aliphatic carbocycles. The second kappa shape index (κ2) is 5.98. The molecule has 0 unspecified atom stereocenters. The third-order valence-corrected chi connectivity index (χ3v) is 2.82. The minimum atomic E-state index is -0.397. The van der Waals surface area contributed by atoms with Gasteiger partial charge in [-0.15, -0.1) is 0 Å². The predicted molar refractivity (Wildman–Crippen MR) is 65.9 cm³/mol. The number of carbonyl (C=O) groups excluding carboxylic acids is 1. The molecule has 1 aromatic rings. The van der Waals surface area contributed by atoms with Crippen LogP contribution >= 0.6 is 11.6 Å². The van der Waals surface area contributed by atoms with Gasteiger partial charge in [-0.2, -0.15) is 0 Å². The molecular formula is C12H15ClFNO2. The summed E-state index contributed by atoms with van der Waals surface area (Å²) in [5, 5.41) is 8.98. The van der Waals surface area contributed by atoms with E-state index in [4.69, 9.17) is 16.7 Å². The fraction of sp³-hybridized carbons (Fsp3) is 0.417. The number of hydrogen-bond acceptors (Lipinski definition) is 2. The van der Waals surface area contributed by atoms with Gasteiger partial charge >= 0.3 is 0 Å². The number of anilines is 1. The topological polar surface area (TPSA) is 40.5 Å². The van der Waals surface area contributed by atoms with Crippen LogP contribution in [-0.4, -0.2) is 24.7 Å². The van der Waals surface area contributed by atoms with Gasteiger partial charge in [-0.1, -0.05) is 11.6 Å². The van der Waals surface area contributed by atoms with Crippen LogP contribution in [0.15, 0.2) is 12.1 Å². The van der Waals surface area contributed by atoms with Crippen LogP contribution in [-0.2, 0) is 4.79 Å². The Balaban J connectivity index is 2.92. The van der Waals surface area contributed by atoms with Crippen LogP contribution in [0.5, 0.6) is 0 Å². The maximum absolute atomic E-state index is 13.4. The summed E-state index contributed by atoms with van der Waals surface area (Å²) in [7, 11) is 1.54. The molecule has 1 rings (SSSR count). The Hall–Kier alpha value is -1.13. The van der Waals surface area contributed by atoms with Crippen LogP contribution in [0.2, 0.25) is 5.02 Å². The minimum absolute atomic E-state index is 0.0461. The lowest BCUT2D eigenvalue weighted by Gasteiger charge is -2.19. The third-order valence-electron chi connectivity index (χ3n) is 2.51. The Morgan fingerprint density at radius 3 is 2.76 bits per heavy atom. The van der Waals surface area contributed by atoms with Gasteiger partial charge in [-0.3, -0.25) is 4.79 Å². The van der Waals surface area contributed by atoms with Gasteiger partial charge in [0, 0.05) is 20.1 Å². The van der Waals surface area contributed by atoms with Crippen LogP contribution in [0.1, 0.15) is 18.4 Å². The van der Waals surface area contributed by atoms with Gasteiger partial charge in [0.05, 0.1) is 10.7 Å². The first kappa shape index (κ1) is 13.9. The van der Waals surface area contributed by atoms with Crippen molar-refractivity contribution in [3.05, 3.63) is 28.5 Å². The van der Waals surface area contributed by atoms with Crippen LogP contribution in [0.3, 0.4) is 0 Å². The first-order chi connectivity index (χ1) is 7.97. The number of hydrogen-bond donors (Lipinski definition) is 1. The van der Waals surface area contributed by atoms with Crippen LogP contribution in [0, 0.1) is 12.7 Å². The normalized spacial score (nSPS) is 10.4. The second-order valence-electron chi connectivity index (χ2n) is 3.83. The molecule has 0 radical (unpaired) electrons. The molecule has 0 aliphatic heterocycles. The van der Waals surface area contributed by atoms with E-state index in [1.54, 1.807) is 6.92 Å². The highest BCUT2D eigenvalue weighted by Gasteiger charge is 2.15. The fourth-order valence-corrected chi connectivity index (χ4v) is 1.77. The highest BCUT2D eigenvalue weighted by molar-refractivity contribution is 6.33. The summed E-state index contributed by atoms with van der Waals surface area (Å²) in [6.07, 6.45) is 0.591. The van der Waals surface area contributed by atoms with Gasteiger partial charge in [0.2, 0.25) is 5.91 Å². The van der Waals surface area contributed by atoms with Crippen molar-refractivity contribution in [1.29, 1.82) is 0 Å². The molecule has 3 nitrogen and oxygen atoms in total. The average Bonchev–Trinajstić information content (AvgIpc) is 2.29. The van der Waals surface area contributed by atoms with Gasteiger partial charge in [0.15, 0.2) is 0 Å². The largest absolute Gasteiger partial charge is 0.396 e. The number of amides is 1. The Bertz CT molecular complexity index is 423. The standard InChI is InChI=1S/C12H15ClFNO2/c1-8-6-9(13)11(7-10(8)14)15(2)12(17)4-3-5-16/h6-7,16H,3-5H2,1-2H3. The van der Waals surface area contributed by atoms with Crippen LogP contribution < -0.4 is 4.90 Å². The number of carbonyl (C=O) groups is 1. The Kier molecular flexibility index (Phi) is 4.90. The van der Waals surface area contributed by atoms with Gasteiger partial charge in [0.1, 0.15) is 5.82 Å². The molecule has 17 heavy (non-hydrogen) atoms. The molecule has 94 valence electrons. The Morgan fingerprint density at radius 2 is 2.18 bits per heavy atom. The lowest BCUT2D eigenvalue weighted by molar-refractivity contribution is -0.118. The van der Waals surface area contributed by atoms with Crippen LogP contribution in [0.25, 0.3) is 0 Å². The van der Waals surface area contributed by atoms with E-state index in [-0.39, 0.29) is 18.9 Å². The SMILES string of the molecule is Cc1cc(Cl)c(N(C)C(=O)CCCO)cc1F. The molecule has 0 atom stereocenters. The molecule has 0 fully saturated rings. The summed E-state index contributed by atoms with van der Waals surface area (Å²) in [4.78, 5) is 13.0. The second-order valence-corrected chi connectivity index (χ2v) is 4.24. The smallest absolute Gasteiger partial charge is 0.226 e. The third kappa shape index (κ3) is 3.41. The average molecular weight is 260 g/mol. The van der Waals surface area contributed by atoms with E-state index in [1.807, 2.05) is 0 Å². The van der Waals surface area contributed by atoms with E-state index in [1.165, 1.54) is 24.1 Å². The van der Waals surface area contributed by atoms with E-state index >= 15 is 0 Å². The Labute approximate surface area is 105 Å². The number of aliphatic hydroxyl groups is 1. The molecule has 0 heterocycles. The fourth-order valence-electron chi connectivity index (χ4n) is 1.43. The zero-order valence-corrected chi connectivity index (χ0v) is 10.6. The van der Waals surface area contributed by atoms with E-state index in [0.29, 0.717) is 22.7 Å². The summed E-state index contributed by atoms with van der Waals surface area (Å²) in [5.41, 5.74) is 0.785. The lowest BCUT2D eigenvalue weighted by Crippen LogP contribution is -2.26. The molecule has 0 bridgehead atoms. The summed E-state index contributed by atoms with van der Waals surface area (Å²) < 4.78 is 13.4. The predicted octanol–water partition coefficient (Wildman–Crippen LogP) is 2.52. The first-order valence-corrected chi connectivity index (χ1v) is 5.68. The number of rotatable bonds is 4. The molecule has 1 aromatic carbocycles. The zero-order chi connectivity index (χ0) is 13.0. The zero-order valence-electron chi connectivity index (χ0n) is 9.83. The van der Waals surface area contributed by atoms with E-state index in [9.17, 15) is 9.18 Å². The van der Waals surface area contributed by atoms with Crippen LogP contribution in [0.4, 0.5) is 10.1 Å². The number of aryl methyl sites for hydroxylation is 1. The van der Waals surface area contributed by atoms with Crippen molar-refractivity contribution >= 4 is 23.2 Å². The molecule has 0 spiro atoms. The number of halogens is 2. The summed E-state index contributed by atoms with van der Waals surface area (Å²) in [6, 6.07) is 2.73. The summed E-state index contributed by atoms with van der Waals surface area (Å²) >= 11 is 5.96. The highest BCUT2D eigenvalue weighted by atomic mass is 35.5. The molecular weight excluding hydrogens is 245 g/mol. The molecule has 0 aromatic heterocycles. The molecule has 1 amide bonds. The highest BCUT2D eigenvalue weighted by Crippen LogP contribution is 2.28. The maximum atomic E-state index is 13.4. The number of aliphatic hydroxyl groups excluding tert-OH is 1. The van der Waals surface area contributed by atoms with E-state index < -0.39 is 5.82 Å². The van der Waals surface area contributed by atoms with Crippen molar-refractivity contribution in [2.24, 2.45) is 0 Å². The van der Waals surface area contributed by atoms with Gasteiger partial charge in [0.25, 0.3) is 0 Å². The minimum Gasteiger partial charge on any atom is -0.396 e. The summed E-state index contributed by atoms with van der Waals surface area (Å²) in [6.45, 7) is 1.56. The van der Waals surface area contributed by atoms with Gasteiger partial charge in [-0.05, 0) is 31.0 Å². The lowest BCUT2D eigenvalue weighted by atomic mass is 10.2. The van der Waals surface area contributed by atoms with Gasteiger partial charge < -0.3 is 10.0 Å². The van der Waals surface area contributed by atoms with Crippen molar-refractivity contribution in [3.63, 3.8) is 0 Å². The number of nitrogens with zero attached hydrogens (tertiary/aromatic N) is 1. The van der Waals surface area contributed by atoms with Crippen molar-refractivity contribution in [2.45, 2.75) is 19.8 Å².